The summed E-state index contributed by atoms with van der Waals surface area (Å²) in [5.74, 6) is 0.705. The minimum absolute atomic E-state index is 0.589. The van der Waals surface area contributed by atoms with Crippen molar-refractivity contribution in [1.82, 2.24) is 4.90 Å². The second-order valence-corrected chi connectivity index (χ2v) is 5.46. The molecule has 0 aliphatic heterocycles. The van der Waals surface area contributed by atoms with Gasteiger partial charge in [-0.3, -0.25) is 4.79 Å². The summed E-state index contributed by atoms with van der Waals surface area (Å²) in [7, 11) is 3.98. The molecule has 0 saturated heterocycles. The van der Waals surface area contributed by atoms with E-state index in [2.05, 4.69) is 0 Å². The van der Waals surface area contributed by atoms with Gasteiger partial charge < -0.3 is 9.64 Å². The average Bonchev–Trinajstić information content (AvgIpc) is 2.48. The molecule has 0 heterocycles. The fourth-order valence-corrected chi connectivity index (χ4v) is 2.09. The molecule has 0 aromatic heterocycles. The van der Waals surface area contributed by atoms with E-state index in [9.17, 15) is 4.79 Å². The second kappa shape index (κ2) is 7.25. The lowest BCUT2D eigenvalue weighted by Gasteiger charge is -2.12. The van der Waals surface area contributed by atoms with Crippen LogP contribution in [0.2, 0.25) is 5.02 Å². The highest BCUT2D eigenvalue weighted by molar-refractivity contribution is 6.30. The summed E-state index contributed by atoms with van der Waals surface area (Å²) in [6, 6.07) is 13.0. The molecule has 0 saturated carbocycles. The van der Waals surface area contributed by atoms with Crippen molar-refractivity contribution >= 4 is 17.9 Å². The summed E-state index contributed by atoms with van der Waals surface area (Å²) < 4.78 is 5.65. The Morgan fingerprint density at radius 3 is 2.48 bits per heavy atom. The van der Waals surface area contributed by atoms with E-state index in [1.807, 2.05) is 55.4 Å². The van der Waals surface area contributed by atoms with Crippen LogP contribution in [0, 0.1) is 0 Å². The lowest BCUT2D eigenvalue weighted by Crippen LogP contribution is -2.19. The summed E-state index contributed by atoms with van der Waals surface area (Å²) in [5, 5.41) is 0.676. The highest BCUT2D eigenvalue weighted by Gasteiger charge is 2.07. The van der Waals surface area contributed by atoms with Crippen LogP contribution >= 0.6 is 11.6 Å². The Morgan fingerprint density at radius 2 is 1.86 bits per heavy atom. The molecule has 0 aliphatic rings. The third kappa shape index (κ3) is 4.31. The van der Waals surface area contributed by atoms with Crippen molar-refractivity contribution in [3.05, 3.63) is 53.1 Å². The predicted octanol–water partition coefficient (Wildman–Crippen LogP) is 3.76. The quantitative estimate of drug-likeness (QED) is 0.761. The molecule has 0 fully saturated rings. The van der Waals surface area contributed by atoms with E-state index in [-0.39, 0.29) is 0 Å². The lowest BCUT2D eigenvalue weighted by atomic mass is 10.0. The highest BCUT2D eigenvalue weighted by atomic mass is 35.5. The largest absolute Gasteiger partial charge is 0.492 e. The molecule has 4 heteroatoms. The van der Waals surface area contributed by atoms with Gasteiger partial charge in [0.2, 0.25) is 0 Å². The number of nitrogens with zero attached hydrogens (tertiary/aromatic N) is 1. The molecule has 110 valence electrons. The predicted molar refractivity (Wildman–Crippen MR) is 86.3 cm³/mol. The normalized spacial score (nSPS) is 10.7. The van der Waals surface area contributed by atoms with Crippen LogP contribution in [-0.2, 0) is 0 Å². The van der Waals surface area contributed by atoms with Gasteiger partial charge in [-0.1, -0.05) is 23.7 Å². The number of likely N-dealkylation sites (N-methyl/N-ethyl adjacent to an activating group) is 1. The van der Waals surface area contributed by atoms with Crippen LogP contribution in [0.4, 0.5) is 0 Å². The van der Waals surface area contributed by atoms with Gasteiger partial charge in [-0.25, -0.2) is 0 Å². The van der Waals surface area contributed by atoms with Crippen molar-refractivity contribution in [2.75, 3.05) is 27.2 Å². The molecule has 0 spiro atoms. The summed E-state index contributed by atoms with van der Waals surface area (Å²) in [6.07, 6.45) is 0.850. The number of aldehydes is 1. The zero-order chi connectivity index (χ0) is 15.2. The number of halogens is 1. The minimum atomic E-state index is 0.589. The summed E-state index contributed by atoms with van der Waals surface area (Å²) >= 11 is 5.89. The van der Waals surface area contributed by atoms with E-state index in [0.29, 0.717) is 22.9 Å². The molecule has 0 radical (unpaired) electrons. The number of ether oxygens (including phenoxy) is 1. The molecule has 0 atom stereocenters. The summed E-state index contributed by atoms with van der Waals surface area (Å²) in [6.45, 7) is 1.42. The maximum Gasteiger partial charge on any atom is 0.150 e. The highest BCUT2D eigenvalue weighted by Crippen LogP contribution is 2.27. The number of carbonyl (C=O) groups excluding carboxylic acids is 1. The molecule has 0 aliphatic carbocycles. The first-order valence-corrected chi connectivity index (χ1v) is 7.10. The van der Waals surface area contributed by atoms with Crippen molar-refractivity contribution in [1.29, 1.82) is 0 Å². The van der Waals surface area contributed by atoms with E-state index < -0.39 is 0 Å². The van der Waals surface area contributed by atoms with Gasteiger partial charge in [-0.15, -0.1) is 0 Å². The Balaban J connectivity index is 2.20. The molecule has 2 aromatic rings. The Bertz CT molecular complexity index is 609. The number of rotatable bonds is 6. The van der Waals surface area contributed by atoms with Crippen molar-refractivity contribution in [3.63, 3.8) is 0 Å². The molecular formula is C17H18ClNO2. The molecule has 0 N–H and O–H groups in total. The number of benzene rings is 2. The Hall–Kier alpha value is -1.84. The maximum absolute atomic E-state index is 11.3. The van der Waals surface area contributed by atoms with Crippen LogP contribution in [0.5, 0.6) is 5.75 Å². The standard InChI is InChI=1S/C17H18ClNO2/c1-19(2)9-10-21-16-7-8-17(14(11-16)12-20)13-3-5-15(18)6-4-13/h3-8,11-12H,9-10H2,1-2H3. The molecule has 2 rings (SSSR count). The van der Waals surface area contributed by atoms with Crippen LogP contribution < -0.4 is 4.74 Å². The third-order valence-corrected chi connectivity index (χ3v) is 3.36. The van der Waals surface area contributed by atoms with Gasteiger partial charge in [0.1, 0.15) is 12.4 Å². The van der Waals surface area contributed by atoms with Gasteiger partial charge in [0, 0.05) is 17.1 Å². The Labute approximate surface area is 130 Å². The second-order valence-electron chi connectivity index (χ2n) is 5.03. The van der Waals surface area contributed by atoms with Crippen LogP contribution in [0.25, 0.3) is 11.1 Å². The zero-order valence-electron chi connectivity index (χ0n) is 12.2. The van der Waals surface area contributed by atoms with Gasteiger partial charge in [-0.05, 0) is 55.6 Å². The topological polar surface area (TPSA) is 29.5 Å². The van der Waals surface area contributed by atoms with Crippen molar-refractivity contribution in [2.24, 2.45) is 0 Å². The number of hydrogen-bond acceptors (Lipinski definition) is 3. The van der Waals surface area contributed by atoms with Crippen molar-refractivity contribution in [2.45, 2.75) is 0 Å². The summed E-state index contributed by atoms with van der Waals surface area (Å²) in [5.41, 5.74) is 2.45. The van der Waals surface area contributed by atoms with Gasteiger partial charge in [-0.2, -0.15) is 0 Å². The Kier molecular flexibility index (Phi) is 5.37. The lowest BCUT2D eigenvalue weighted by molar-refractivity contribution is 0.112. The third-order valence-electron chi connectivity index (χ3n) is 3.11. The molecule has 0 amide bonds. The minimum Gasteiger partial charge on any atom is -0.492 e. The van der Waals surface area contributed by atoms with Crippen LogP contribution in [-0.4, -0.2) is 38.4 Å². The first-order chi connectivity index (χ1) is 10.1. The smallest absolute Gasteiger partial charge is 0.150 e. The van der Waals surface area contributed by atoms with E-state index in [1.165, 1.54) is 0 Å². The van der Waals surface area contributed by atoms with Gasteiger partial charge in [0.25, 0.3) is 0 Å². The van der Waals surface area contributed by atoms with Gasteiger partial charge >= 0.3 is 0 Å². The SMILES string of the molecule is CN(C)CCOc1ccc(-c2ccc(Cl)cc2)c(C=O)c1. The fraction of sp³-hybridized carbons (Fsp3) is 0.235. The maximum atomic E-state index is 11.3. The van der Waals surface area contributed by atoms with Crippen LogP contribution in [0.1, 0.15) is 10.4 Å². The molecule has 0 unspecified atom stereocenters. The number of hydrogen-bond donors (Lipinski definition) is 0. The van der Waals surface area contributed by atoms with E-state index in [0.717, 1.165) is 24.0 Å². The molecule has 3 nitrogen and oxygen atoms in total. The van der Waals surface area contributed by atoms with E-state index in [1.54, 1.807) is 6.07 Å². The first-order valence-electron chi connectivity index (χ1n) is 6.73. The molecule has 0 bridgehead atoms. The van der Waals surface area contributed by atoms with Gasteiger partial charge in [0.15, 0.2) is 6.29 Å². The molecule has 2 aromatic carbocycles. The van der Waals surface area contributed by atoms with Crippen LogP contribution in [0.15, 0.2) is 42.5 Å². The monoisotopic (exact) mass is 303 g/mol. The van der Waals surface area contributed by atoms with Crippen molar-refractivity contribution < 1.29 is 9.53 Å². The first kappa shape index (κ1) is 15.5. The summed E-state index contributed by atoms with van der Waals surface area (Å²) in [4.78, 5) is 13.4. The van der Waals surface area contributed by atoms with Crippen molar-refractivity contribution in [3.8, 4) is 16.9 Å². The van der Waals surface area contributed by atoms with Gasteiger partial charge in [0.05, 0.1) is 0 Å². The van der Waals surface area contributed by atoms with Crippen LogP contribution in [0.3, 0.4) is 0 Å². The number of carbonyl (C=O) groups is 1. The fourth-order valence-electron chi connectivity index (χ4n) is 1.97. The van der Waals surface area contributed by atoms with E-state index in [4.69, 9.17) is 16.3 Å². The average molecular weight is 304 g/mol. The zero-order valence-corrected chi connectivity index (χ0v) is 12.9. The Morgan fingerprint density at radius 1 is 1.14 bits per heavy atom. The van der Waals surface area contributed by atoms with E-state index >= 15 is 0 Å². The molecular weight excluding hydrogens is 286 g/mol. The molecule has 21 heavy (non-hydrogen) atoms.